The third-order valence-corrected chi connectivity index (χ3v) is 2.50. The third kappa shape index (κ3) is 0.176. The lowest BCUT2D eigenvalue weighted by atomic mass is 10.2. The first-order valence-electron chi connectivity index (χ1n) is 2.64. The maximum absolute atomic E-state index is 8.42. The second kappa shape index (κ2) is 0.527. The molecule has 2 rings (SSSR count). The quantitative estimate of drug-likeness (QED) is 0.443. The lowest BCUT2D eigenvalue weighted by molar-refractivity contribution is 0.710. The van der Waals surface area contributed by atoms with Gasteiger partial charge >= 0.3 is 0 Å². The Labute approximate surface area is 42.9 Å². The van der Waals surface area contributed by atoms with Gasteiger partial charge in [0.25, 0.3) is 0 Å². The molecule has 0 unspecified atom stereocenters. The summed E-state index contributed by atoms with van der Waals surface area (Å²) in [5.74, 6) is 0. The van der Waals surface area contributed by atoms with Crippen molar-refractivity contribution in [1.29, 1.82) is 5.26 Å². The van der Waals surface area contributed by atoms with E-state index in [9.17, 15) is 0 Å². The first kappa shape index (κ1) is 3.49. The Bertz CT molecular complexity index is 158. The molecular formula is C6H7N. The summed E-state index contributed by atoms with van der Waals surface area (Å²) in [7, 11) is 0. The summed E-state index contributed by atoms with van der Waals surface area (Å²) in [5.41, 5.74) is 0.703. The molecule has 1 nitrogen and oxygen atoms in total. The number of fused-ring (bicyclic) bond motifs is 1. The molecule has 2 aliphatic rings. The monoisotopic (exact) mass is 93.1 g/mol. The zero-order chi connectivity index (χ0) is 5.12. The molecule has 2 aliphatic carbocycles. The van der Waals surface area contributed by atoms with Crippen LogP contribution in [0.2, 0.25) is 0 Å². The van der Waals surface area contributed by atoms with E-state index in [0.29, 0.717) is 5.41 Å². The van der Waals surface area contributed by atoms with Crippen molar-refractivity contribution in [2.75, 3.05) is 0 Å². The van der Waals surface area contributed by atoms with Gasteiger partial charge in [-0.1, -0.05) is 6.92 Å². The second-order valence-electron chi connectivity index (χ2n) is 3.11. The number of nitrogens with zero attached hydrogens (tertiary/aromatic N) is 1. The minimum Gasteiger partial charge on any atom is -0.198 e. The van der Waals surface area contributed by atoms with Crippen LogP contribution in [0.25, 0.3) is 0 Å². The Morgan fingerprint density at radius 1 is 1.57 bits per heavy atom. The Balaban J connectivity index is 2.33. The lowest BCUT2D eigenvalue weighted by Crippen LogP contribution is -1.74. The van der Waals surface area contributed by atoms with Crippen LogP contribution >= 0.6 is 0 Å². The summed E-state index contributed by atoms with van der Waals surface area (Å²) in [4.78, 5) is 0. The SMILES string of the molecule is CC12CC1(C#N)C2. The highest BCUT2D eigenvalue weighted by Crippen LogP contribution is 2.85. The summed E-state index contributed by atoms with van der Waals surface area (Å²) >= 11 is 0. The van der Waals surface area contributed by atoms with Crippen LogP contribution in [0.1, 0.15) is 19.8 Å². The van der Waals surface area contributed by atoms with E-state index in [2.05, 4.69) is 13.0 Å². The molecule has 0 aliphatic heterocycles. The highest BCUT2D eigenvalue weighted by Gasteiger charge is 2.81. The van der Waals surface area contributed by atoms with Gasteiger partial charge in [0.1, 0.15) is 0 Å². The van der Waals surface area contributed by atoms with Crippen molar-refractivity contribution in [3.05, 3.63) is 0 Å². The van der Waals surface area contributed by atoms with Gasteiger partial charge in [-0.05, 0) is 18.3 Å². The topological polar surface area (TPSA) is 23.8 Å². The molecule has 0 bridgehead atoms. The first-order valence-corrected chi connectivity index (χ1v) is 2.64. The normalized spacial score (nSPS) is 62.9. The molecule has 0 atom stereocenters. The van der Waals surface area contributed by atoms with Crippen molar-refractivity contribution in [3.63, 3.8) is 0 Å². The van der Waals surface area contributed by atoms with Crippen LogP contribution in [0.15, 0.2) is 0 Å². The largest absolute Gasteiger partial charge is 0.198 e. The van der Waals surface area contributed by atoms with Crippen LogP contribution in [0.4, 0.5) is 0 Å². The summed E-state index contributed by atoms with van der Waals surface area (Å²) < 4.78 is 0. The Morgan fingerprint density at radius 3 is 2.00 bits per heavy atom. The van der Waals surface area contributed by atoms with Gasteiger partial charge in [0.2, 0.25) is 0 Å². The van der Waals surface area contributed by atoms with Crippen LogP contribution in [0.3, 0.4) is 0 Å². The Morgan fingerprint density at radius 2 is 2.00 bits per heavy atom. The zero-order valence-electron chi connectivity index (χ0n) is 4.36. The molecule has 0 aromatic rings. The number of nitriles is 1. The minimum atomic E-state index is 0.201. The van der Waals surface area contributed by atoms with Gasteiger partial charge in [-0.3, -0.25) is 0 Å². The van der Waals surface area contributed by atoms with Crippen molar-refractivity contribution >= 4 is 0 Å². The maximum Gasteiger partial charge on any atom is 0.0695 e. The summed E-state index contributed by atoms with van der Waals surface area (Å²) in [6, 6.07) is 2.33. The van der Waals surface area contributed by atoms with Gasteiger partial charge in [0.05, 0.1) is 11.5 Å². The fourth-order valence-corrected chi connectivity index (χ4v) is 1.41. The molecule has 0 heterocycles. The van der Waals surface area contributed by atoms with E-state index in [1.165, 1.54) is 12.8 Å². The molecule has 2 fully saturated rings. The van der Waals surface area contributed by atoms with E-state index >= 15 is 0 Å². The molecule has 0 radical (unpaired) electrons. The number of hydrogen-bond donors (Lipinski definition) is 0. The van der Waals surface area contributed by atoms with Crippen molar-refractivity contribution in [2.24, 2.45) is 10.8 Å². The van der Waals surface area contributed by atoms with Gasteiger partial charge in [0, 0.05) is 0 Å². The Hall–Kier alpha value is -0.510. The van der Waals surface area contributed by atoms with Gasteiger partial charge in [-0.15, -0.1) is 0 Å². The predicted molar refractivity (Wildman–Crippen MR) is 25.4 cm³/mol. The van der Waals surface area contributed by atoms with Crippen LogP contribution < -0.4 is 0 Å². The van der Waals surface area contributed by atoms with E-state index in [0.717, 1.165) is 0 Å². The number of hydrogen-bond acceptors (Lipinski definition) is 1. The molecule has 7 heavy (non-hydrogen) atoms. The van der Waals surface area contributed by atoms with Crippen molar-refractivity contribution in [2.45, 2.75) is 19.8 Å². The second-order valence-corrected chi connectivity index (χ2v) is 3.11. The molecule has 0 amide bonds. The van der Waals surface area contributed by atoms with Crippen molar-refractivity contribution in [3.8, 4) is 6.07 Å². The van der Waals surface area contributed by atoms with E-state index in [1.54, 1.807) is 0 Å². The van der Waals surface area contributed by atoms with Crippen LogP contribution in [-0.4, -0.2) is 0 Å². The van der Waals surface area contributed by atoms with Crippen LogP contribution in [-0.2, 0) is 0 Å². The molecule has 2 saturated carbocycles. The summed E-state index contributed by atoms with van der Waals surface area (Å²) in [5, 5.41) is 8.42. The molecule has 0 spiro atoms. The van der Waals surface area contributed by atoms with E-state index < -0.39 is 0 Å². The maximum atomic E-state index is 8.42. The average molecular weight is 93.1 g/mol. The van der Waals surface area contributed by atoms with E-state index in [4.69, 9.17) is 5.26 Å². The van der Waals surface area contributed by atoms with Gasteiger partial charge in [-0.2, -0.15) is 5.26 Å². The average Bonchev–Trinajstić information content (AvgIpc) is 2.24. The van der Waals surface area contributed by atoms with Gasteiger partial charge in [0.15, 0.2) is 0 Å². The van der Waals surface area contributed by atoms with E-state index in [1.807, 2.05) is 0 Å². The highest BCUT2D eigenvalue weighted by atomic mass is 14.8. The first-order chi connectivity index (χ1) is 3.22. The molecule has 0 aromatic carbocycles. The minimum absolute atomic E-state index is 0.201. The smallest absolute Gasteiger partial charge is 0.0695 e. The third-order valence-electron chi connectivity index (χ3n) is 2.50. The van der Waals surface area contributed by atoms with Crippen LogP contribution in [0, 0.1) is 22.2 Å². The molecule has 0 aromatic heterocycles. The highest BCUT2D eigenvalue weighted by molar-refractivity contribution is 5.37. The van der Waals surface area contributed by atoms with Crippen LogP contribution in [0.5, 0.6) is 0 Å². The molecular weight excluding hydrogens is 86.1 g/mol. The fourth-order valence-electron chi connectivity index (χ4n) is 1.41. The van der Waals surface area contributed by atoms with Gasteiger partial charge in [-0.25, -0.2) is 0 Å². The molecule has 0 N–H and O–H groups in total. The van der Waals surface area contributed by atoms with Gasteiger partial charge < -0.3 is 0 Å². The predicted octanol–water partition coefficient (Wildman–Crippen LogP) is 1.31. The molecule has 1 heteroatoms. The zero-order valence-corrected chi connectivity index (χ0v) is 4.36. The summed E-state index contributed by atoms with van der Waals surface area (Å²) in [6.07, 6.45) is 2.35. The molecule has 0 saturated heterocycles. The summed E-state index contributed by atoms with van der Waals surface area (Å²) in [6.45, 7) is 2.19. The van der Waals surface area contributed by atoms with E-state index in [-0.39, 0.29) is 5.41 Å². The Kier molecular flexibility index (Phi) is 0.263. The van der Waals surface area contributed by atoms with Crippen molar-refractivity contribution in [1.82, 2.24) is 0 Å². The standard InChI is InChI=1S/C6H7N/c1-5-2-6(5,3-5)4-7/h2-3H2,1H3. The lowest BCUT2D eigenvalue weighted by Gasteiger charge is -1.81. The van der Waals surface area contributed by atoms with Crippen molar-refractivity contribution < 1.29 is 0 Å². The fraction of sp³-hybridized carbons (Fsp3) is 0.833. The molecule has 36 valence electrons. The number of rotatable bonds is 0.